The fourth-order valence-electron chi connectivity index (χ4n) is 7.02. The molecule has 4 N–H and O–H groups in total. The van der Waals surface area contributed by atoms with E-state index in [-0.39, 0.29) is 42.9 Å². The summed E-state index contributed by atoms with van der Waals surface area (Å²) >= 11 is 0. The van der Waals surface area contributed by atoms with Gasteiger partial charge in [0.2, 0.25) is 23.9 Å². The highest BCUT2D eigenvalue weighted by Gasteiger charge is 2.69. The number of aliphatic carboxylic acids is 1. The van der Waals surface area contributed by atoms with E-state index in [0.717, 1.165) is 19.3 Å². The van der Waals surface area contributed by atoms with Crippen molar-refractivity contribution in [3.8, 4) is 0 Å². The van der Waals surface area contributed by atoms with Crippen molar-refractivity contribution in [3.05, 3.63) is 0 Å². The van der Waals surface area contributed by atoms with Crippen molar-refractivity contribution in [3.63, 3.8) is 0 Å². The van der Waals surface area contributed by atoms with Crippen LogP contribution < -0.4 is 10.6 Å². The molecule has 2 bridgehead atoms. The van der Waals surface area contributed by atoms with E-state index in [4.69, 9.17) is 24.0 Å². The van der Waals surface area contributed by atoms with E-state index >= 15 is 0 Å². The van der Waals surface area contributed by atoms with Gasteiger partial charge in [-0.2, -0.15) is 0 Å². The molecule has 0 aromatic carbocycles. The van der Waals surface area contributed by atoms with E-state index in [2.05, 4.69) is 17.6 Å². The summed E-state index contributed by atoms with van der Waals surface area (Å²) in [6, 6.07) is -2.56. The number of aliphatic hydroxyl groups excluding tert-OH is 1. The standard InChI is InChI=1S/C29H46N2O11/c1-14(2)13-20(24(35)31-23(17(5)32)25(36)37)30-21(33)9-10-22(34)38-26-16(4)19-8-7-15(3)18-11-12-28(6)40-27(39-26)29(18,19)42-41-28/h14-20,23,26-27,32H,7-13H2,1-6H3,(H,30,33)(H,31,35)(H,36,37)/t15-,16+,17-,18+,19-,20+,23+,26-,27+,28+,29-/m1/s1. The van der Waals surface area contributed by atoms with Crippen LogP contribution in [0.4, 0.5) is 0 Å². The number of carbonyl (C=O) groups is 4. The Morgan fingerprint density at radius 2 is 1.71 bits per heavy atom. The van der Waals surface area contributed by atoms with Crippen LogP contribution in [0.1, 0.15) is 86.5 Å². The van der Waals surface area contributed by atoms with Gasteiger partial charge in [-0.3, -0.25) is 14.4 Å². The molecule has 4 saturated heterocycles. The third kappa shape index (κ3) is 6.59. The number of fused-ring (bicyclic) bond motifs is 2. The molecule has 2 amide bonds. The zero-order chi connectivity index (χ0) is 31.0. The monoisotopic (exact) mass is 598 g/mol. The summed E-state index contributed by atoms with van der Waals surface area (Å²) < 4.78 is 18.3. The van der Waals surface area contributed by atoms with E-state index in [1.54, 1.807) is 0 Å². The maximum atomic E-state index is 12.9. The Kier molecular flexibility index (Phi) is 9.88. The summed E-state index contributed by atoms with van der Waals surface area (Å²) in [5.41, 5.74) is -0.782. The molecule has 1 saturated carbocycles. The molecule has 0 aromatic heterocycles. The van der Waals surface area contributed by atoms with Crippen molar-refractivity contribution in [2.24, 2.45) is 29.6 Å². The first-order valence-corrected chi connectivity index (χ1v) is 15.1. The molecule has 238 valence electrons. The third-order valence-corrected chi connectivity index (χ3v) is 9.31. The number of rotatable bonds is 11. The summed E-state index contributed by atoms with van der Waals surface area (Å²) in [5, 5.41) is 23.8. The van der Waals surface area contributed by atoms with Gasteiger partial charge in [0.1, 0.15) is 6.04 Å². The molecule has 42 heavy (non-hydrogen) atoms. The number of carboxylic acid groups (broad SMARTS) is 1. The number of ether oxygens (including phenoxy) is 3. The summed E-state index contributed by atoms with van der Waals surface area (Å²) in [6.45, 7) is 10.9. The molecule has 4 heterocycles. The van der Waals surface area contributed by atoms with Crippen molar-refractivity contribution in [1.82, 2.24) is 10.6 Å². The molecule has 1 aliphatic carbocycles. The van der Waals surface area contributed by atoms with Crippen molar-refractivity contribution in [2.75, 3.05) is 0 Å². The van der Waals surface area contributed by atoms with Gasteiger partial charge in [-0.25, -0.2) is 14.6 Å². The fourth-order valence-corrected chi connectivity index (χ4v) is 7.02. The molecule has 0 aromatic rings. The van der Waals surface area contributed by atoms with E-state index < -0.39 is 65.9 Å². The predicted molar refractivity (Wildman–Crippen MR) is 145 cm³/mol. The van der Waals surface area contributed by atoms with E-state index in [0.29, 0.717) is 12.3 Å². The zero-order valence-corrected chi connectivity index (χ0v) is 25.3. The van der Waals surface area contributed by atoms with Crippen LogP contribution in [0.2, 0.25) is 0 Å². The SMILES string of the molecule is CC(C)C[C@H](NC(=O)CCC(=O)O[C@@H]1O[C@H]2O[C@]3(C)CC[C@H]4[C@H](C)CC[C@H]([C@@H]1C)[C@@]24OO3)C(=O)N[C@H](C(=O)O)[C@@H](C)O. The highest BCUT2D eigenvalue weighted by Crippen LogP contribution is 2.60. The summed E-state index contributed by atoms with van der Waals surface area (Å²) in [4.78, 5) is 61.6. The number of hydrogen-bond acceptors (Lipinski definition) is 10. The van der Waals surface area contributed by atoms with Gasteiger partial charge in [0.05, 0.1) is 12.5 Å². The minimum Gasteiger partial charge on any atom is -0.480 e. The van der Waals surface area contributed by atoms with Crippen molar-refractivity contribution >= 4 is 23.8 Å². The normalized spacial score (nSPS) is 37.5. The van der Waals surface area contributed by atoms with E-state index in [1.165, 1.54) is 6.92 Å². The highest BCUT2D eigenvalue weighted by atomic mass is 17.3. The van der Waals surface area contributed by atoms with Crippen molar-refractivity contribution in [1.29, 1.82) is 0 Å². The average Bonchev–Trinajstić information content (AvgIpc) is 3.13. The van der Waals surface area contributed by atoms with E-state index in [1.807, 2.05) is 27.7 Å². The Balaban J connectivity index is 1.35. The second-order valence-electron chi connectivity index (χ2n) is 13.1. The van der Waals surface area contributed by atoms with Crippen LogP contribution in [0.5, 0.6) is 0 Å². The number of esters is 1. The summed E-state index contributed by atoms with van der Waals surface area (Å²) in [6.07, 6.45) is 0.133. The second-order valence-corrected chi connectivity index (χ2v) is 13.1. The van der Waals surface area contributed by atoms with Gasteiger partial charge >= 0.3 is 11.9 Å². The summed E-state index contributed by atoms with van der Waals surface area (Å²) in [7, 11) is 0. The second kappa shape index (κ2) is 12.7. The Morgan fingerprint density at radius 3 is 2.36 bits per heavy atom. The minimum absolute atomic E-state index is 0.00504. The van der Waals surface area contributed by atoms with Crippen molar-refractivity contribution in [2.45, 2.75) is 129 Å². The molecule has 0 unspecified atom stereocenters. The maximum Gasteiger partial charge on any atom is 0.328 e. The van der Waals surface area contributed by atoms with Gasteiger partial charge in [0, 0.05) is 24.7 Å². The molecular formula is C29H46N2O11. The molecular weight excluding hydrogens is 552 g/mol. The van der Waals surface area contributed by atoms with Crippen LogP contribution in [0.25, 0.3) is 0 Å². The van der Waals surface area contributed by atoms with Crippen molar-refractivity contribution < 1.29 is 53.4 Å². The Labute approximate surface area is 246 Å². The summed E-state index contributed by atoms with van der Waals surface area (Å²) in [5.74, 6) is -3.95. The van der Waals surface area contributed by atoms with Gasteiger partial charge in [-0.05, 0) is 57.3 Å². The first-order chi connectivity index (χ1) is 19.7. The van der Waals surface area contributed by atoms with Crippen LogP contribution in [0, 0.1) is 29.6 Å². The molecule has 4 aliphatic heterocycles. The van der Waals surface area contributed by atoms with Gasteiger partial charge in [-0.15, -0.1) is 0 Å². The zero-order valence-electron chi connectivity index (χ0n) is 25.3. The van der Waals surface area contributed by atoms with Gasteiger partial charge < -0.3 is 35.1 Å². The van der Waals surface area contributed by atoms with Gasteiger partial charge in [0.15, 0.2) is 17.9 Å². The van der Waals surface area contributed by atoms with Crippen LogP contribution in [-0.4, -0.2) is 76.1 Å². The van der Waals surface area contributed by atoms with Crippen LogP contribution in [-0.2, 0) is 43.2 Å². The molecule has 1 spiro atoms. The van der Waals surface area contributed by atoms with Gasteiger partial charge in [-0.1, -0.05) is 27.7 Å². The molecule has 5 aliphatic rings. The average molecular weight is 599 g/mol. The first-order valence-electron chi connectivity index (χ1n) is 15.1. The lowest BCUT2D eigenvalue weighted by Gasteiger charge is -2.59. The van der Waals surface area contributed by atoms with Gasteiger partial charge in [0.25, 0.3) is 0 Å². The molecule has 5 fully saturated rings. The topological polar surface area (TPSA) is 179 Å². The minimum atomic E-state index is -1.52. The van der Waals surface area contributed by atoms with E-state index in [9.17, 15) is 29.4 Å². The Hall–Kier alpha value is -2.32. The van der Waals surface area contributed by atoms with Crippen LogP contribution in [0.3, 0.4) is 0 Å². The number of aliphatic hydroxyl groups is 1. The van der Waals surface area contributed by atoms with Crippen LogP contribution in [0.15, 0.2) is 0 Å². The highest BCUT2D eigenvalue weighted by molar-refractivity contribution is 5.91. The number of nitrogens with one attached hydrogen (secondary N) is 2. The first kappa shape index (κ1) is 32.6. The quantitative estimate of drug-likeness (QED) is 0.202. The number of hydrogen-bond donors (Lipinski definition) is 4. The third-order valence-electron chi connectivity index (χ3n) is 9.31. The van der Waals surface area contributed by atoms with Crippen LogP contribution >= 0.6 is 0 Å². The molecule has 5 rings (SSSR count). The molecule has 0 radical (unpaired) electrons. The molecule has 13 nitrogen and oxygen atoms in total. The lowest BCUT2D eigenvalue weighted by atomic mass is 9.58. The number of carboxylic acids is 1. The predicted octanol–water partition coefficient (Wildman–Crippen LogP) is 2.00. The Morgan fingerprint density at radius 1 is 1.00 bits per heavy atom. The smallest absolute Gasteiger partial charge is 0.328 e. The largest absolute Gasteiger partial charge is 0.480 e. The lowest BCUT2D eigenvalue weighted by Crippen LogP contribution is -2.70. The number of carbonyl (C=O) groups excluding carboxylic acids is 3. The Bertz CT molecular complexity index is 1040. The molecule has 11 atom stereocenters. The fraction of sp³-hybridized carbons (Fsp3) is 0.862. The molecule has 13 heteroatoms. The lowest BCUT2D eigenvalue weighted by molar-refractivity contribution is -0.576. The maximum absolute atomic E-state index is 12.9. The number of amides is 2.